The van der Waals surface area contributed by atoms with Gasteiger partial charge in [-0.05, 0) is 55.8 Å². The zero-order chi connectivity index (χ0) is 25.9. The van der Waals surface area contributed by atoms with Crippen LogP contribution in [-0.2, 0) is 26.5 Å². The first-order valence-corrected chi connectivity index (χ1v) is 16.0. The van der Waals surface area contributed by atoms with Gasteiger partial charge < -0.3 is 10.5 Å². The molecule has 193 valence electrons. The van der Waals surface area contributed by atoms with Crippen LogP contribution in [-0.4, -0.2) is 21.3 Å². The summed E-state index contributed by atoms with van der Waals surface area (Å²) >= 11 is -0.392. The van der Waals surface area contributed by atoms with E-state index in [1.54, 1.807) is 0 Å². The zero-order valence-corrected chi connectivity index (χ0v) is 27.2. The average molecular weight is 589 g/mol. The second-order valence-electron chi connectivity index (χ2n) is 12.1. The minimum absolute atomic E-state index is 0. The maximum atomic E-state index is 11.5. The topological polar surface area (TPSA) is 40.9 Å². The fraction of sp³-hybridized carbons (Fsp3) is 0.485. The molecule has 5 aliphatic carbocycles. The van der Waals surface area contributed by atoms with E-state index in [1.807, 2.05) is 0 Å². The van der Waals surface area contributed by atoms with Gasteiger partial charge in [0.05, 0.1) is 5.91 Å². The summed E-state index contributed by atoms with van der Waals surface area (Å²) in [6.45, 7) is 11.0. The molecule has 1 N–H and O–H groups in total. The summed E-state index contributed by atoms with van der Waals surface area (Å²) < 4.78 is 3.05. The van der Waals surface area contributed by atoms with Crippen molar-refractivity contribution in [2.24, 2.45) is 28.6 Å². The van der Waals surface area contributed by atoms with Crippen LogP contribution in [0.3, 0.4) is 0 Å². The Morgan fingerprint density at radius 3 is 1.70 bits per heavy atom. The molecular weight excluding hydrogens is 547 g/mol. The van der Waals surface area contributed by atoms with Crippen molar-refractivity contribution in [2.75, 3.05) is 0 Å². The molecule has 0 aliphatic heterocycles. The average Bonchev–Trinajstić information content (AvgIpc) is 3.05. The van der Waals surface area contributed by atoms with E-state index < -0.39 is 15.4 Å². The molecule has 1 amide bonds. The molecule has 2 aromatic carbocycles. The van der Waals surface area contributed by atoms with Crippen molar-refractivity contribution >= 4 is 30.1 Å². The van der Waals surface area contributed by atoms with Crippen molar-refractivity contribution in [3.8, 4) is 0 Å². The normalized spacial score (nSPS) is 30.8. The fourth-order valence-electron chi connectivity index (χ4n) is 7.44. The van der Waals surface area contributed by atoms with Crippen molar-refractivity contribution in [1.82, 2.24) is 0 Å². The molecule has 4 fully saturated rings. The number of hydrogen-bond donors (Lipinski definition) is 0. The standard InChI is InChI=1S/C12H11Ge.C12H19NO.C9H13.Ti/c1-3-7-11(8-4-1)13-12-9-5-2-6-10-12;1-11-3-8-2-9(4-11)6-12(5-8,7-11)10(13)14;1-6-5-7(2)9(4)8(6)3;/h1-10,13H;8-9H,2-7H2,1H3,(H2,13,14);6H,1-4H3;/q;;-1;+2/p-1. The number of amides is 1. The van der Waals surface area contributed by atoms with Crippen LogP contribution in [0.1, 0.15) is 73.1 Å². The fourth-order valence-corrected chi connectivity index (χ4v) is 9.99. The Morgan fingerprint density at radius 1 is 0.892 bits per heavy atom. The third-order valence-corrected chi connectivity index (χ3v) is 12.0. The Kier molecular flexibility index (Phi) is 10.3. The monoisotopic (exact) mass is 590 g/mol. The van der Waals surface area contributed by atoms with E-state index in [2.05, 4.69) is 101 Å². The molecule has 0 spiro atoms. The Balaban J connectivity index is 0.000000156. The first kappa shape index (κ1) is 30.2. The second kappa shape index (κ2) is 12.7. The number of rotatable bonds is 3. The van der Waals surface area contributed by atoms with Crippen LogP contribution in [0.5, 0.6) is 0 Å². The quantitative estimate of drug-likeness (QED) is 0.282. The third-order valence-electron chi connectivity index (χ3n) is 9.00. The van der Waals surface area contributed by atoms with Gasteiger partial charge in [0.1, 0.15) is 0 Å². The first-order chi connectivity index (χ1) is 17.1. The van der Waals surface area contributed by atoms with E-state index in [9.17, 15) is 4.79 Å². The van der Waals surface area contributed by atoms with Crippen LogP contribution in [0.2, 0.25) is 0 Å². The van der Waals surface area contributed by atoms with Crippen molar-refractivity contribution in [3.05, 3.63) is 89.2 Å². The van der Waals surface area contributed by atoms with Crippen LogP contribution in [0.25, 0.3) is 5.73 Å². The van der Waals surface area contributed by atoms with Gasteiger partial charge in [-0.3, -0.25) is 6.08 Å². The van der Waals surface area contributed by atoms with Gasteiger partial charge in [-0.1, -0.05) is 33.6 Å². The molecule has 7 rings (SSSR count). The first-order valence-electron chi connectivity index (χ1n) is 13.6. The molecule has 37 heavy (non-hydrogen) atoms. The van der Waals surface area contributed by atoms with Gasteiger partial charge in [-0.2, -0.15) is 11.1 Å². The summed E-state index contributed by atoms with van der Waals surface area (Å²) in [5.74, 6) is 1.81. The van der Waals surface area contributed by atoms with Crippen LogP contribution in [0, 0.1) is 34.7 Å². The number of carbonyl (C=O) groups excluding carboxylic acids is 1. The molecule has 0 heterocycles. The molecule has 4 heteroatoms. The molecule has 0 aromatic heterocycles. The number of benzene rings is 2. The van der Waals surface area contributed by atoms with E-state index in [0.717, 1.165) is 31.1 Å². The summed E-state index contributed by atoms with van der Waals surface area (Å²) in [4.78, 5) is 11.5. The van der Waals surface area contributed by atoms with E-state index in [-0.39, 0.29) is 33.0 Å². The predicted molar refractivity (Wildman–Crippen MR) is 154 cm³/mol. The van der Waals surface area contributed by atoms with Gasteiger partial charge in [-0.15, -0.1) is 6.92 Å². The van der Waals surface area contributed by atoms with Crippen molar-refractivity contribution < 1.29 is 26.5 Å². The number of nitrogens with one attached hydrogen (secondary N) is 1. The molecule has 3 unspecified atom stereocenters. The molecule has 4 bridgehead atoms. The van der Waals surface area contributed by atoms with Crippen LogP contribution in [0.4, 0.5) is 0 Å². The third kappa shape index (κ3) is 7.40. The summed E-state index contributed by atoms with van der Waals surface area (Å²) in [7, 11) is 0. The van der Waals surface area contributed by atoms with Crippen LogP contribution < -0.4 is 8.79 Å². The van der Waals surface area contributed by atoms with Gasteiger partial charge in [0, 0.05) is 5.41 Å². The molecule has 2 nitrogen and oxygen atoms in total. The molecule has 4 saturated carbocycles. The maximum absolute atomic E-state index is 11.5. The van der Waals surface area contributed by atoms with E-state index in [1.165, 1.54) is 44.8 Å². The Hall–Kier alpha value is -1.35. The Bertz CT molecular complexity index is 1070. The SMILES string of the molecule is CC12CC3CC(C1)CC(C([NH-])=O)(C3)C2.CC1=[C-]C(C)C(C)=C1C.[Ti+2].c1cc[c]([GeH][c]2ccccc2)cc1. The molecular formula is C33H42GeNOTi. The van der Waals surface area contributed by atoms with Gasteiger partial charge in [0.25, 0.3) is 0 Å². The van der Waals surface area contributed by atoms with Gasteiger partial charge in [-0.25, -0.2) is 5.57 Å². The van der Waals surface area contributed by atoms with E-state index in [0.29, 0.717) is 11.3 Å². The van der Waals surface area contributed by atoms with Crippen molar-refractivity contribution in [1.29, 1.82) is 0 Å². The second-order valence-corrected chi connectivity index (χ2v) is 15.5. The molecule has 1 radical (unpaired) electrons. The van der Waals surface area contributed by atoms with E-state index >= 15 is 0 Å². The molecule has 5 aliphatic rings. The predicted octanol–water partition coefficient (Wildman–Crippen LogP) is 6.97. The summed E-state index contributed by atoms with van der Waals surface area (Å²) in [5.41, 5.74) is 11.9. The van der Waals surface area contributed by atoms with Crippen molar-refractivity contribution in [3.63, 3.8) is 0 Å². The van der Waals surface area contributed by atoms with Gasteiger partial charge >= 0.3 is 107 Å². The van der Waals surface area contributed by atoms with Crippen LogP contribution >= 0.6 is 0 Å². The number of hydrogen-bond acceptors (Lipinski definition) is 1. The Morgan fingerprint density at radius 2 is 1.38 bits per heavy atom. The van der Waals surface area contributed by atoms with Gasteiger partial charge in [0.15, 0.2) is 0 Å². The van der Waals surface area contributed by atoms with E-state index in [4.69, 9.17) is 5.73 Å². The molecule has 2 aromatic rings. The summed E-state index contributed by atoms with van der Waals surface area (Å²) in [5, 5.41) is 0. The summed E-state index contributed by atoms with van der Waals surface area (Å²) in [6.07, 6.45) is 10.4. The number of allylic oxidation sites excluding steroid dienone is 4. The van der Waals surface area contributed by atoms with Gasteiger partial charge in [0.2, 0.25) is 0 Å². The molecule has 3 atom stereocenters. The van der Waals surface area contributed by atoms with Crippen LogP contribution in [0.15, 0.2) is 77.4 Å². The minimum atomic E-state index is -0.392. The zero-order valence-electron chi connectivity index (χ0n) is 23.2. The van der Waals surface area contributed by atoms with Crippen molar-refractivity contribution in [2.45, 2.75) is 73.1 Å². The Labute approximate surface area is 246 Å². The number of carbonyl (C=O) groups is 1. The molecule has 0 saturated heterocycles. The summed E-state index contributed by atoms with van der Waals surface area (Å²) in [6, 6.07) is 21.5.